The Balaban J connectivity index is 2.57. The van der Waals surface area contributed by atoms with Gasteiger partial charge in [-0.3, -0.25) is 0 Å². The van der Waals surface area contributed by atoms with E-state index in [1.807, 2.05) is 0 Å². The smallest absolute Gasteiger partial charge is 0.133 e. The summed E-state index contributed by atoms with van der Waals surface area (Å²) in [6.45, 7) is 9.28. The second-order valence-electron chi connectivity index (χ2n) is 4.60. The summed E-state index contributed by atoms with van der Waals surface area (Å²) in [5, 5.41) is 7.54. The number of hydrogen-bond donors (Lipinski definition) is 1. The molecule has 0 aliphatic carbocycles. The molecule has 0 unspecified atom stereocenters. The summed E-state index contributed by atoms with van der Waals surface area (Å²) in [4.78, 5) is 9.33. The van der Waals surface area contributed by atoms with E-state index in [9.17, 15) is 0 Å². The van der Waals surface area contributed by atoms with Crippen molar-refractivity contribution < 1.29 is 0 Å². The molecule has 0 saturated carbocycles. The molecular weight excluding hydrogens is 242 g/mol. The number of rotatable bonds is 4. The highest BCUT2D eigenvalue weighted by Crippen LogP contribution is 2.28. The summed E-state index contributed by atoms with van der Waals surface area (Å²) in [7, 11) is 0. The lowest BCUT2D eigenvalue weighted by Crippen LogP contribution is -2.08. The van der Waals surface area contributed by atoms with Gasteiger partial charge in [0.15, 0.2) is 0 Å². The Bertz CT molecular complexity index is 518. The van der Waals surface area contributed by atoms with Crippen LogP contribution in [-0.2, 0) is 0 Å². The van der Waals surface area contributed by atoms with Gasteiger partial charge in [-0.15, -0.1) is 0 Å². The van der Waals surface area contributed by atoms with Crippen LogP contribution in [-0.4, -0.2) is 16.5 Å². The first-order chi connectivity index (χ1) is 8.63. The predicted octanol–water partition coefficient (Wildman–Crippen LogP) is 4.07. The number of anilines is 1. The van der Waals surface area contributed by atoms with Crippen molar-refractivity contribution in [2.45, 2.75) is 33.6 Å². The molecule has 0 fully saturated rings. The molecule has 96 valence electrons. The largest absolute Gasteiger partial charge is 0.370 e. The summed E-state index contributed by atoms with van der Waals surface area (Å²) in [5.74, 6) is 2.19. The summed E-state index contributed by atoms with van der Waals surface area (Å²) in [5.41, 5.74) is 3.35. The van der Waals surface area contributed by atoms with Crippen LogP contribution in [0.15, 0.2) is 16.8 Å². The van der Waals surface area contributed by atoms with Crippen molar-refractivity contribution in [2.75, 3.05) is 11.9 Å². The first-order valence-corrected chi connectivity index (χ1v) is 7.22. The Labute approximate surface area is 112 Å². The highest BCUT2D eigenvalue weighted by molar-refractivity contribution is 7.08. The third-order valence-corrected chi connectivity index (χ3v) is 3.50. The SMILES string of the molecule is CCNc1nc(C(C)C)nc(-c2ccsc2)c1C. The van der Waals surface area contributed by atoms with Gasteiger partial charge < -0.3 is 5.32 Å². The zero-order valence-corrected chi connectivity index (χ0v) is 12.1. The van der Waals surface area contributed by atoms with E-state index >= 15 is 0 Å². The van der Waals surface area contributed by atoms with Gasteiger partial charge in [0.05, 0.1) is 5.69 Å². The molecule has 0 amide bonds. The molecule has 18 heavy (non-hydrogen) atoms. The second-order valence-corrected chi connectivity index (χ2v) is 5.38. The van der Waals surface area contributed by atoms with E-state index < -0.39 is 0 Å². The molecule has 4 heteroatoms. The summed E-state index contributed by atoms with van der Waals surface area (Å²) in [6, 6.07) is 2.11. The molecule has 2 aromatic heterocycles. The minimum absolute atomic E-state index is 0.334. The highest BCUT2D eigenvalue weighted by Gasteiger charge is 2.14. The fourth-order valence-corrected chi connectivity index (χ4v) is 2.45. The van der Waals surface area contributed by atoms with Crippen molar-refractivity contribution in [3.05, 3.63) is 28.2 Å². The molecular formula is C14H19N3S. The molecule has 1 N–H and O–H groups in total. The second kappa shape index (κ2) is 5.48. The van der Waals surface area contributed by atoms with Crippen LogP contribution in [0.25, 0.3) is 11.3 Å². The van der Waals surface area contributed by atoms with Crippen LogP contribution >= 0.6 is 11.3 Å². The quantitative estimate of drug-likeness (QED) is 0.901. The lowest BCUT2D eigenvalue weighted by Gasteiger charge is -2.14. The standard InChI is InChI=1S/C14H19N3S/c1-5-15-14-10(4)12(11-6-7-18-8-11)16-13(17-14)9(2)3/h6-9H,5H2,1-4H3,(H,15,16,17). The summed E-state index contributed by atoms with van der Waals surface area (Å²) >= 11 is 1.70. The van der Waals surface area contributed by atoms with Gasteiger partial charge in [0.2, 0.25) is 0 Å². The molecule has 0 aromatic carbocycles. The average Bonchev–Trinajstić information content (AvgIpc) is 2.85. The van der Waals surface area contributed by atoms with Crippen LogP contribution in [0.3, 0.4) is 0 Å². The van der Waals surface area contributed by atoms with Crippen LogP contribution in [0.5, 0.6) is 0 Å². The molecule has 0 saturated heterocycles. The fourth-order valence-electron chi connectivity index (χ4n) is 1.81. The molecule has 2 aromatic rings. The van der Waals surface area contributed by atoms with Gasteiger partial charge in [0, 0.05) is 29.0 Å². The van der Waals surface area contributed by atoms with Gasteiger partial charge in [0.25, 0.3) is 0 Å². The Morgan fingerprint density at radius 1 is 1.33 bits per heavy atom. The van der Waals surface area contributed by atoms with Crippen LogP contribution < -0.4 is 5.32 Å². The normalized spacial score (nSPS) is 10.9. The predicted molar refractivity (Wildman–Crippen MR) is 78.3 cm³/mol. The molecule has 0 radical (unpaired) electrons. The topological polar surface area (TPSA) is 37.8 Å². The maximum atomic E-state index is 4.71. The molecule has 0 spiro atoms. The van der Waals surface area contributed by atoms with E-state index in [1.165, 1.54) is 5.56 Å². The van der Waals surface area contributed by atoms with Gasteiger partial charge in [-0.2, -0.15) is 11.3 Å². The van der Waals surface area contributed by atoms with E-state index in [0.717, 1.165) is 29.4 Å². The van der Waals surface area contributed by atoms with Gasteiger partial charge in [-0.25, -0.2) is 9.97 Å². The fraction of sp³-hybridized carbons (Fsp3) is 0.429. The maximum Gasteiger partial charge on any atom is 0.133 e. The van der Waals surface area contributed by atoms with Crippen LogP contribution in [0.2, 0.25) is 0 Å². The van der Waals surface area contributed by atoms with Crippen molar-refractivity contribution in [3.63, 3.8) is 0 Å². The zero-order chi connectivity index (χ0) is 13.1. The number of thiophene rings is 1. The zero-order valence-electron chi connectivity index (χ0n) is 11.3. The van der Waals surface area contributed by atoms with E-state index in [-0.39, 0.29) is 0 Å². The molecule has 0 bridgehead atoms. The number of aromatic nitrogens is 2. The summed E-state index contributed by atoms with van der Waals surface area (Å²) < 4.78 is 0. The van der Waals surface area contributed by atoms with Crippen LogP contribution in [0.4, 0.5) is 5.82 Å². The number of hydrogen-bond acceptors (Lipinski definition) is 4. The Hall–Kier alpha value is -1.42. The first-order valence-electron chi connectivity index (χ1n) is 6.28. The van der Waals surface area contributed by atoms with E-state index in [4.69, 9.17) is 4.98 Å². The minimum Gasteiger partial charge on any atom is -0.370 e. The Morgan fingerprint density at radius 3 is 2.67 bits per heavy atom. The molecule has 0 atom stereocenters. The Morgan fingerprint density at radius 2 is 2.11 bits per heavy atom. The molecule has 3 nitrogen and oxygen atoms in total. The molecule has 0 aliphatic heterocycles. The van der Waals surface area contributed by atoms with Crippen molar-refractivity contribution in [2.24, 2.45) is 0 Å². The van der Waals surface area contributed by atoms with Crippen molar-refractivity contribution >= 4 is 17.2 Å². The van der Waals surface area contributed by atoms with E-state index in [0.29, 0.717) is 5.92 Å². The molecule has 2 heterocycles. The van der Waals surface area contributed by atoms with Crippen molar-refractivity contribution in [1.29, 1.82) is 0 Å². The lowest BCUT2D eigenvalue weighted by atomic mass is 10.1. The van der Waals surface area contributed by atoms with Crippen molar-refractivity contribution in [3.8, 4) is 11.3 Å². The lowest BCUT2D eigenvalue weighted by molar-refractivity contribution is 0.774. The third-order valence-electron chi connectivity index (χ3n) is 2.82. The number of nitrogens with one attached hydrogen (secondary N) is 1. The molecule has 0 aliphatic rings. The third kappa shape index (κ3) is 2.53. The van der Waals surface area contributed by atoms with Gasteiger partial charge >= 0.3 is 0 Å². The van der Waals surface area contributed by atoms with Gasteiger partial charge in [-0.05, 0) is 25.3 Å². The molecule has 2 rings (SSSR count). The van der Waals surface area contributed by atoms with Gasteiger partial charge in [0.1, 0.15) is 11.6 Å². The summed E-state index contributed by atoms with van der Waals surface area (Å²) in [6.07, 6.45) is 0. The van der Waals surface area contributed by atoms with Crippen LogP contribution in [0, 0.1) is 6.92 Å². The number of nitrogens with zero attached hydrogens (tertiary/aromatic N) is 2. The van der Waals surface area contributed by atoms with Crippen LogP contribution in [0.1, 0.15) is 38.1 Å². The first kappa shape index (κ1) is 13.0. The average molecular weight is 261 g/mol. The maximum absolute atomic E-state index is 4.71. The van der Waals surface area contributed by atoms with Gasteiger partial charge in [-0.1, -0.05) is 13.8 Å². The highest BCUT2D eigenvalue weighted by atomic mass is 32.1. The van der Waals surface area contributed by atoms with E-state index in [1.54, 1.807) is 11.3 Å². The monoisotopic (exact) mass is 261 g/mol. The Kier molecular flexibility index (Phi) is 3.97. The van der Waals surface area contributed by atoms with Crippen molar-refractivity contribution in [1.82, 2.24) is 9.97 Å². The van der Waals surface area contributed by atoms with E-state index in [2.05, 4.69) is 54.8 Å². The minimum atomic E-state index is 0.334.